The summed E-state index contributed by atoms with van der Waals surface area (Å²) in [4.78, 5) is 24.8. The number of benzene rings is 1. The molecule has 4 rings (SSSR count). The van der Waals surface area contributed by atoms with Crippen LogP contribution in [0.3, 0.4) is 0 Å². The maximum atomic E-state index is 13.3. The number of carbonyl (C=O) groups is 1. The second-order valence-corrected chi connectivity index (χ2v) is 9.23. The molecule has 184 valence electrons. The molecule has 35 heavy (non-hydrogen) atoms. The van der Waals surface area contributed by atoms with Crippen LogP contribution in [0.2, 0.25) is 0 Å². The molecule has 0 fully saturated rings. The van der Waals surface area contributed by atoms with Crippen molar-refractivity contribution in [2.75, 3.05) is 27.2 Å². The molecule has 0 spiro atoms. The summed E-state index contributed by atoms with van der Waals surface area (Å²) in [6, 6.07) is 10.3. The number of aromatic nitrogens is 5. The Balaban J connectivity index is 1.68. The molecule has 0 unspecified atom stereocenters. The van der Waals surface area contributed by atoms with Crippen LogP contribution in [0.25, 0.3) is 22.3 Å². The number of rotatable bonds is 10. The number of imidazole rings is 1. The van der Waals surface area contributed by atoms with Gasteiger partial charge in [-0.25, -0.2) is 14.6 Å². The molecule has 0 atom stereocenters. The number of fused-ring (bicyclic) bond motifs is 1. The Hall–Kier alpha value is -3.56. The van der Waals surface area contributed by atoms with Gasteiger partial charge in [0.05, 0.1) is 41.4 Å². The van der Waals surface area contributed by atoms with Gasteiger partial charge in [-0.15, -0.1) is 0 Å². The van der Waals surface area contributed by atoms with Crippen molar-refractivity contribution in [2.45, 2.75) is 33.0 Å². The standard InChI is InChI=1S/C26H34N8O/c1-18(2)34-25-23(14-30-34)22(26(35)28-13-21-16-33(5)17-29-21)12-24(31-25)20-8-6-7-19(11-20)15-32(4)10-9-27-3/h6-8,11-12,14,16-18,27H,9-10,13,15H2,1-5H3,(H,28,35). The molecular formula is C26H34N8O. The summed E-state index contributed by atoms with van der Waals surface area (Å²) in [5.41, 5.74) is 4.99. The van der Waals surface area contributed by atoms with E-state index in [-0.39, 0.29) is 11.9 Å². The van der Waals surface area contributed by atoms with Crippen LogP contribution in [0.5, 0.6) is 0 Å². The van der Waals surface area contributed by atoms with Crippen LogP contribution < -0.4 is 10.6 Å². The van der Waals surface area contributed by atoms with E-state index < -0.39 is 0 Å². The van der Waals surface area contributed by atoms with Crippen molar-refractivity contribution in [1.82, 2.24) is 39.8 Å². The number of aryl methyl sites for hydroxylation is 1. The average Bonchev–Trinajstić information content (AvgIpc) is 3.46. The monoisotopic (exact) mass is 474 g/mol. The zero-order valence-corrected chi connectivity index (χ0v) is 21.1. The van der Waals surface area contributed by atoms with E-state index in [0.717, 1.165) is 42.0 Å². The molecule has 9 nitrogen and oxygen atoms in total. The Morgan fingerprint density at radius 3 is 2.77 bits per heavy atom. The van der Waals surface area contributed by atoms with Gasteiger partial charge >= 0.3 is 0 Å². The van der Waals surface area contributed by atoms with E-state index in [2.05, 4.69) is 58.6 Å². The molecule has 0 aliphatic heterocycles. The predicted molar refractivity (Wildman–Crippen MR) is 138 cm³/mol. The summed E-state index contributed by atoms with van der Waals surface area (Å²) in [5, 5.41) is 11.5. The third kappa shape index (κ3) is 5.75. The summed E-state index contributed by atoms with van der Waals surface area (Å²) in [6.45, 7) is 7.20. The third-order valence-corrected chi connectivity index (χ3v) is 5.91. The summed E-state index contributed by atoms with van der Waals surface area (Å²) in [7, 11) is 5.98. The van der Waals surface area contributed by atoms with Gasteiger partial charge < -0.3 is 20.1 Å². The van der Waals surface area contributed by atoms with Crippen LogP contribution in [0.4, 0.5) is 0 Å². The second kappa shape index (κ2) is 10.8. The molecule has 4 aromatic rings. The van der Waals surface area contributed by atoms with Gasteiger partial charge in [-0.2, -0.15) is 5.10 Å². The van der Waals surface area contributed by atoms with Crippen LogP contribution in [0.15, 0.2) is 49.1 Å². The van der Waals surface area contributed by atoms with Crippen molar-refractivity contribution in [2.24, 2.45) is 7.05 Å². The third-order valence-electron chi connectivity index (χ3n) is 5.91. The summed E-state index contributed by atoms with van der Waals surface area (Å²) in [5.74, 6) is -0.171. The Kier molecular flexibility index (Phi) is 7.57. The topological polar surface area (TPSA) is 92.9 Å². The number of likely N-dealkylation sites (N-methyl/N-ethyl adjacent to an activating group) is 2. The van der Waals surface area contributed by atoms with E-state index in [1.165, 1.54) is 5.56 Å². The number of nitrogens with one attached hydrogen (secondary N) is 2. The van der Waals surface area contributed by atoms with Gasteiger partial charge in [-0.1, -0.05) is 18.2 Å². The lowest BCUT2D eigenvalue weighted by atomic mass is 10.0. The zero-order valence-electron chi connectivity index (χ0n) is 21.1. The van der Waals surface area contributed by atoms with Gasteiger partial charge in [0.1, 0.15) is 0 Å². The molecule has 3 aromatic heterocycles. The second-order valence-electron chi connectivity index (χ2n) is 9.23. The molecule has 0 aliphatic carbocycles. The maximum absolute atomic E-state index is 13.3. The van der Waals surface area contributed by atoms with Crippen molar-refractivity contribution in [3.63, 3.8) is 0 Å². The molecule has 0 bridgehead atoms. The Morgan fingerprint density at radius 1 is 1.23 bits per heavy atom. The largest absolute Gasteiger partial charge is 0.346 e. The van der Waals surface area contributed by atoms with Crippen LogP contribution in [-0.4, -0.2) is 62.3 Å². The fourth-order valence-electron chi connectivity index (χ4n) is 4.08. The lowest BCUT2D eigenvalue weighted by Gasteiger charge is -2.17. The van der Waals surface area contributed by atoms with Crippen LogP contribution in [0, 0.1) is 0 Å². The van der Waals surface area contributed by atoms with E-state index in [9.17, 15) is 4.79 Å². The highest BCUT2D eigenvalue weighted by Gasteiger charge is 2.19. The Bertz CT molecular complexity index is 1310. The summed E-state index contributed by atoms with van der Waals surface area (Å²) < 4.78 is 3.73. The minimum absolute atomic E-state index is 0.117. The molecule has 0 saturated carbocycles. The van der Waals surface area contributed by atoms with Crippen LogP contribution in [0.1, 0.15) is 41.5 Å². The highest BCUT2D eigenvalue weighted by Crippen LogP contribution is 2.27. The SMILES string of the molecule is CNCCN(C)Cc1cccc(-c2cc(C(=O)NCc3cn(C)cn3)c3cnn(C(C)C)c3n2)c1. The lowest BCUT2D eigenvalue weighted by Crippen LogP contribution is -2.26. The number of pyridine rings is 1. The number of hydrogen-bond acceptors (Lipinski definition) is 6. The van der Waals surface area contributed by atoms with Gasteiger partial charge in [-0.05, 0) is 45.6 Å². The molecule has 0 aliphatic rings. The number of hydrogen-bond donors (Lipinski definition) is 2. The van der Waals surface area contributed by atoms with Crippen LogP contribution >= 0.6 is 0 Å². The number of amides is 1. The van der Waals surface area contributed by atoms with E-state index in [4.69, 9.17) is 4.98 Å². The van der Waals surface area contributed by atoms with Gasteiger partial charge in [-0.3, -0.25) is 4.79 Å². The Labute approximate surface area is 206 Å². The van der Waals surface area contributed by atoms with E-state index in [1.807, 2.05) is 47.7 Å². The normalized spacial score (nSPS) is 11.6. The summed E-state index contributed by atoms with van der Waals surface area (Å²) in [6.07, 6.45) is 5.35. The first kappa shape index (κ1) is 24.6. The lowest BCUT2D eigenvalue weighted by molar-refractivity contribution is 0.0952. The van der Waals surface area contributed by atoms with Crippen molar-refractivity contribution in [3.05, 3.63) is 65.9 Å². The van der Waals surface area contributed by atoms with Gasteiger partial charge in [0, 0.05) is 44.5 Å². The van der Waals surface area contributed by atoms with Gasteiger partial charge in [0.25, 0.3) is 5.91 Å². The van der Waals surface area contributed by atoms with Gasteiger partial charge in [0.2, 0.25) is 0 Å². The first-order valence-electron chi connectivity index (χ1n) is 11.9. The van der Waals surface area contributed by atoms with Crippen LogP contribution in [-0.2, 0) is 20.1 Å². The molecule has 1 aromatic carbocycles. The minimum atomic E-state index is -0.171. The van der Waals surface area contributed by atoms with E-state index in [1.54, 1.807) is 12.5 Å². The quantitative estimate of drug-likeness (QED) is 0.367. The first-order valence-corrected chi connectivity index (χ1v) is 11.9. The molecular weight excluding hydrogens is 440 g/mol. The fourth-order valence-corrected chi connectivity index (χ4v) is 4.08. The van der Waals surface area contributed by atoms with Crippen molar-refractivity contribution >= 4 is 16.9 Å². The maximum Gasteiger partial charge on any atom is 0.252 e. The first-order chi connectivity index (χ1) is 16.9. The minimum Gasteiger partial charge on any atom is -0.346 e. The molecule has 0 saturated heterocycles. The smallest absolute Gasteiger partial charge is 0.252 e. The molecule has 1 amide bonds. The number of carbonyl (C=O) groups excluding carboxylic acids is 1. The van der Waals surface area contributed by atoms with Gasteiger partial charge in [0.15, 0.2) is 5.65 Å². The summed E-state index contributed by atoms with van der Waals surface area (Å²) >= 11 is 0. The highest BCUT2D eigenvalue weighted by atomic mass is 16.1. The van der Waals surface area contributed by atoms with E-state index >= 15 is 0 Å². The van der Waals surface area contributed by atoms with Crippen molar-refractivity contribution in [3.8, 4) is 11.3 Å². The zero-order chi connectivity index (χ0) is 24.9. The van der Waals surface area contributed by atoms with E-state index in [0.29, 0.717) is 17.8 Å². The highest BCUT2D eigenvalue weighted by molar-refractivity contribution is 6.06. The Morgan fingerprint density at radius 2 is 2.06 bits per heavy atom. The molecule has 3 heterocycles. The van der Waals surface area contributed by atoms with Crippen molar-refractivity contribution < 1.29 is 4.79 Å². The van der Waals surface area contributed by atoms with Crippen molar-refractivity contribution in [1.29, 1.82) is 0 Å². The predicted octanol–water partition coefficient (Wildman–Crippen LogP) is 2.99. The average molecular weight is 475 g/mol. The molecule has 2 N–H and O–H groups in total. The number of nitrogens with zero attached hydrogens (tertiary/aromatic N) is 6. The molecule has 9 heteroatoms. The fraction of sp³-hybridized carbons (Fsp3) is 0.385. The molecule has 0 radical (unpaired) electrons.